The molecule has 3 heterocycles. The van der Waals surface area contributed by atoms with Crippen molar-refractivity contribution in [3.8, 4) is 11.5 Å². The zero-order valence-corrected chi connectivity index (χ0v) is 14.0. The number of rotatable bonds is 1. The molecule has 1 saturated heterocycles. The lowest BCUT2D eigenvalue weighted by molar-refractivity contribution is -0.163. The summed E-state index contributed by atoms with van der Waals surface area (Å²) in [4.78, 5) is 28.9. The first-order valence-electron chi connectivity index (χ1n) is 7.95. The van der Waals surface area contributed by atoms with Crippen molar-refractivity contribution in [1.29, 1.82) is 0 Å². The highest BCUT2D eigenvalue weighted by Gasteiger charge is 2.60. The summed E-state index contributed by atoms with van der Waals surface area (Å²) in [6.45, 7) is 3.18. The van der Waals surface area contributed by atoms with Crippen LogP contribution in [0.3, 0.4) is 0 Å². The van der Waals surface area contributed by atoms with Gasteiger partial charge in [-0.1, -0.05) is 0 Å². The van der Waals surface area contributed by atoms with Gasteiger partial charge in [0.2, 0.25) is 12.7 Å². The van der Waals surface area contributed by atoms with Gasteiger partial charge in [0.15, 0.2) is 17.0 Å². The molecule has 24 heavy (non-hydrogen) atoms. The predicted octanol–water partition coefficient (Wildman–Crippen LogP) is 0.718. The van der Waals surface area contributed by atoms with Crippen LogP contribution >= 0.6 is 0 Å². The molecular weight excluding hydrogens is 312 g/mol. The van der Waals surface area contributed by atoms with Gasteiger partial charge >= 0.3 is 5.97 Å². The molecule has 3 aliphatic rings. The van der Waals surface area contributed by atoms with Gasteiger partial charge in [0, 0.05) is 32.5 Å². The maximum absolute atomic E-state index is 12.8. The number of fused-ring (bicyclic) bond motifs is 4. The van der Waals surface area contributed by atoms with E-state index in [1.807, 2.05) is 19.2 Å². The number of amides is 1. The maximum atomic E-state index is 12.8. The zero-order valence-electron chi connectivity index (χ0n) is 14.0. The Labute approximate surface area is 140 Å². The molecule has 128 valence electrons. The Kier molecular flexibility index (Phi) is 3.25. The van der Waals surface area contributed by atoms with Crippen LogP contribution in [0.4, 0.5) is 0 Å². The van der Waals surface area contributed by atoms with Crippen LogP contribution in [-0.2, 0) is 20.9 Å². The van der Waals surface area contributed by atoms with Crippen molar-refractivity contribution < 1.29 is 23.8 Å². The van der Waals surface area contributed by atoms with E-state index in [1.165, 1.54) is 14.0 Å². The summed E-state index contributed by atoms with van der Waals surface area (Å²) in [5.74, 6) is 0.726. The summed E-state index contributed by atoms with van der Waals surface area (Å²) in [5, 5.41) is 0. The highest BCUT2D eigenvalue weighted by molar-refractivity contribution is 5.90. The number of carbonyl (C=O) groups is 2. The first-order chi connectivity index (χ1) is 11.5. The number of benzene rings is 1. The van der Waals surface area contributed by atoms with Gasteiger partial charge in [0.1, 0.15) is 0 Å². The third kappa shape index (κ3) is 1.87. The summed E-state index contributed by atoms with van der Waals surface area (Å²) in [5.41, 5.74) is 1.04. The molecule has 3 aliphatic heterocycles. The van der Waals surface area contributed by atoms with Gasteiger partial charge in [-0.3, -0.25) is 4.79 Å². The monoisotopic (exact) mass is 332 g/mol. The van der Waals surface area contributed by atoms with E-state index >= 15 is 0 Å². The number of carbonyl (C=O) groups excluding carboxylic acids is 2. The van der Waals surface area contributed by atoms with Crippen LogP contribution < -0.4 is 9.47 Å². The molecule has 0 spiro atoms. The Morgan fingerprint density at radius 2 is 2.00 bits per heavy atom. The lowest BCUT2D eigenvalue weighted by Crippen LogP contribution is -2.62. The highest BCUT2D eigenvalue weighted by Crippen LogP contribution is 2.49. The van der Waals surface area contributed by atoms with Gasteiger partial charge in [-0.15, -0.1) is 0 Å². The number of hydrogen-bond donors (Lipinski definition) is 0. The van der Waals surface area contributed by atoms with Crippen molar-refractivity contribution in [2.75, 3.05) is 34.0 Å². The molecule has 0 aromatic heterocycles. The van der Waals surface area contributed by atoms with Crippen molar-refractivity contribution in [2.45, 2.75) is 24.9 Å². The molecule has 1 aromatic carbocycles. The van der Waals surface area contributed by atoms with Crippen LogP contribution in [-0.4, -0.2) is 61.3 Å². The molecule has 1 amide bonds. The Morgan fingerprint density at radius 1 is 1.29 bits per heavy atom. The number of likely N-dealkylation sites (tertiary alicyclic amines) is 1. The molecule has 4 rings (SSSR count). The van der Waals surface area contributed by atoms with E-state index in [4.69, 9.17) is 14.2 Å². The number of methoxy groups -OCH3 is 1. The molecular formula is C17H20N2O5. The molecule has 0 radical (unpaired) electrons. The SMILES string of the molecule is COC(=O)[C@]12CN(C)C[C@H]1c1cc3c(cc1CN2C(C)=O)OCO3. The average molecular weight is 332 g/mol. The van der Waals surface area contributed by atoms with Gasteiger partial charge in [-0.2, -0.15) is 0 Å². The second-order valence-electron chi connectivity index (χ2n) is 6.67. The zero-order chi connectivity index (χ0) is 17.1. The Morgan fingerprint density at radius 3 is 2.67 bits per heavy atom. The Hall–Kier alpha value is -2.28. The normalized spacial score (nSPS) is 27.6. The van der Waals surface area contributed by atoms with Gasteiger partial charge in [0.05, 0.1) is 7.11 Å². The van der Waals surface area contributed by atoms with E-state index in [9.17, 15) is 9.59 Å². The summed E-state index contributed by atoms with van der Waals surface area (Å²) in [7, 11) is 3.33. The number of likely N-dealkylation sites (N-methyl/N-ethyl adjacent to an activating group) is 1. The third-order valence-corrected chi connectivity index (χ3v) is 5.32. The molecule has 7 heteroatoms. The maximum Gasteiger partial charge on any atom is 0.333 e. The number of ether oxygens (including phenoxy) is 3. The van der Waals surface area contributed by atoms with E-state index in [1.54, 1.807) is 4.90 Å². The highest BCUT2D eigenvalue weighted by atomic mass is 16.7. The fourth-order valence-corrected chi connectivity index (χ4v) is 4.34. The molecule has 0 aliphatic carbocycles. The van der Waals surface area contributed by atoms with Crippen LogP contribution in [0.5, 0.6) is 11.5 Å². The topological polar surface area (TPSA) is 68.3 Å². The molecule has 1 aromatic rings. The quantitative estimate of drug-likeness (QED) is 0.706. The van der Waals surface area contributed by atoms with Crippen LogP contribution in [0, 0.1) is 0 Å². The average Bonchev–Trinajstić information content (AvgIpc) is 3.14. The second-order valence-corrected chi connectivity index (χ2v) is 6.67. The van der Waals surface area contributed by atoms with Crippen LogP contribution in [0.15, 0.2) is 12.1 Å². The number of esters is 1. The fourth-order valence-electron chi connectivity index (χ4n) is 4.34. The van der Waals surface area contributed by atoms with E-state index in [0.29, 0.717) is 31.1 Å². The van der Waals surface area contributed by atoms with Crippen molar-refractivity contribution in [2.24, 2.45) is 0 Å². The Bertz CT molecular complexity index is 734. The fraction of sp³-hybridized carbons (Fsp3) is 0.529. The largest absolute Gasteiger partial charge is 0.467 e. The second kappa shape index (κ2) is 5.11. The standard InChI is InChI=1S/C17H20N2O5/c1-10(20)19-6-11-4-14-15(24-9-23-14)5-12(11)13-7-18(2)8-17(13,19)16(21)22-3/h4-5,13H,6-9H2,1-3H3/t13-,17-/m0/s1. The molecule has 0 bridgehead atoms. The molecule has 0 unspecified atom stereocenters. The van der Waals surface area contributed by atoms with Gasteiger partial charge in [-0.05, 0) is 30.3 Å². The lowest BCUT2D eigenvalue weighted by atomic mass is 9.75. The van der Waals surface area contributed by atoms with Crippen molar-refractivity contribution in [3.63, 3.8) is 0 Å². The first kappa shape index (κ1) is 15.3. The summed E-state index contributed by atoms with van der Waals surface area (Å²) in [6, 6.07) is 3.88. The number of hydrogen-bond acceptors (Lipinski definition) is 6. The van der Waals surface area contributed by atoms with Gasteiger partial charge < -0.3 is 24.0 Å². The molecule has 7 nitrogen and oxygen atoms in total. The number of nitrogens with zero attached hydrogens (tertiary/aromatic N) is 2. The minimum atomic E-state index is -0.990. The smallest absolute Gasteiger partial charge is 0.333 e. The third-order valence-electron chi connectivity index (χ3n) is 5.32. The summed E-state index contributed by atoms with van der Waals surface area (Å²) in [6.07, 6.45) is 0. The summed E-state index contributed by atoms with van der Waals surface area (Å²) < 4.78 is 16.1. The molecule has 1 fully saturated rings. The van der Waals surface area contributed by atoms with E-state index in [2.05, 4.69) is 4.90 Å². The van der Waals surface area contributed by atoms with Gasteiger partial charge in [0.25, 0.3) is 0 Å². The van der Waals surface area contributed by atoms with Crippen LogP contribution in [0.1, 0.15) is 24.0 Å². The van der Waals surface area contributed by atoms with Crippen molar-refractivity contribution in [1.82, 2.24) is 9.80 Å². The summed E-state index contributed by atoms with van der Waals surface area (Å²) >= 11 is 0. The van der Waals surface area contributed by atoms with E-state index in [-0.39, 0.29) is 24.6 Å². The van der Waals surface area contributed by atoms with Crippen LogP contribution in [0.2, 0.25) is 0 Å². The minimum Gasteiger partial charge on any atom is -0.467 e. The first-order valence-corrected chi connectivity index (χ1v) is 7.95. The Balaban J connectivity index is 1.91. The van der Waals surface area contributed by atoms with Gasteiger partial charge in [-0.25, -0.2) is 4.79 Å². The minimum absolute atomic E-state index is 0.135. The van der Waals surface area contributed by atoms with Crippen molar-refractivity contribution in [3.05, 3.63) is 23.3 Å². The predicted molar refractivity (Wildman–Crippen MR) is 83.8 cm³/mol. The van der Waals surface area contributed by atoms with E-state index < -0.39 is 5.54 Å². The van der Waals surface area contributed by atoms with Crippen molar-refractivity contribution >= 4 is 11.9 Å². The van der Waals surface area contributed by atoms with E-state index in [0.717, 1.165) is 11.1 Å². The molecule has 0 N–H and O–H groups in total. The van der Waals surface area contributed by atoms with Crippen LogP contribution in [0.25, 0.3) is 0 Å². The molecule has 0 saturated carbocycles. The molecule has 2 atom stereocenters. The lowest BCUT2D eigenvalue weighted by Gasteiger charge is -2.46.